The van der Waals surface area contributed by atoms with E-state index in [1.165, 1.54) is 53.7 Å². The van der Waals surface area contributed by atoms with Gasteiger partial charge in [0.15, 0.2) is 0 Å². The fraction of sp³-hybridized carbons (Fsp3) is 0.267. The second-order valence-electron chi connectivity index (χ2n) is 9.72. The van der Waals surface area contributed by atoms with Gasteiger partial charge in [0.05, 0.1) is 28.0 Å². The van der Waals surface area contributed by atoms with Crippen molar-refractivity contribution in [1.29, 1.82) is 0 Å². The molecule has 0 bridgehead atoms. The largest absolute Gasteiger partial charge is 0.478 e. The highest BCUT2D eigenvalue weighted by Gasteiger charge is 2.30. The summed E-state index contributed by atoms with van der Waals surface area (Å²) in [5, 5.41) is 17.4. The van der Waals surface area contributed by atoms with Crippen molar-refractivity contribution in [3.63, 3.8) is 0 Å². The molecule has 0 aliphatic carbocycles. The number of piperazine rings is 1. The molecule has 0 unspecified atom stereocenters. The number of pyridine rings is 1. The molecule has 2 N–H and O–H groups in total. The standard InChI is InChI=1S/C21H22F3N3O3S.C9H8O4.ClH/c1-16-19(5-2-10-25-16)20(28)26-11-13-27(14-12-26)31(29,30)15-3-4-17-6-8-18(9-7-17)21(22,23)24;1-5-6(8(10)11)3-2-4-7(5)9(12)13;/h2-10H,11-15H2,1H3;2-4H,1H3,(H,10,11)(H,12,13);1H. The first-order valence-electron chi connectivity index (χ1n) is 13.2. The Morgan fingerprint density at radius 2 is 1.40 bits per heavy atom. The zero-order valence-corrected chi connectivity index (χ0v) is 25.8. The van der Waals surface area contributed by atoms with Crippen molar-refractivity contribution in [1.82, 2.24) is 14.2 Å². The monoisotopic (exact) mass is 669 g/mol. The smallest absolute Gasteiger partial charge is 0.416 e. The third-order valence-electron chi connectivity index (χ3n) is 6.81. The molecule has 0 spiro atoms. The summed E-state index contributed by atoms with van der Waals surface area (Å²) < 4.78 is 64.3. The van der Waals surface area contributed by atoms with Crippen LogP contribution in [-0.2, 0) is 16.2 Å². The summed E-state index contributed by atoms with van der Waals surface area (Å²) in [6.45, 7) is 4.14. The molecule has 15 heteroatoms. The molecule has 10 nitrogen and oxygen atoms in total. The van der Waals surface area contributed by atoms with Crippen LogP contribution in [0, 0.1) is 13.8 Å². The highest BCUT2D eigenvalue weighted by molar-refractivity contribution is 7.89. The number of halogens is 4. The van der Waals surface area contributed by atoms with Crippen molar-refractivity contribution >= 4 is 46.4 Å². The van der Waals surface area contributed by atoms with Crippen molar-refractivity contribution in [2.45, 2.75) is 20.0 Å². The van der Waals surface area contributed by atoms with E-state index in [9.17, 15) is 36.0 Å². The molecule has 0 saturated carbocycles. The summed E-state index contributed by atoms with van der Waals surface area (Å²) in [5.41, 5.74) is 1.17. The van der Waals surface area contributed by atoms with Gasteiger partial charge >= 0.3 is 18.1 Å². The third kappa shape index (κ3) is 9.86. The molecule has 1 saturated heterocycles. The van der Waals surface area contributed by atoms with Crippen LogP contribution in [0.15, 0.2) is 66.9 Å². The summed E-state index contributed by atoms with van der Waals surface area (Å²) in [5.74, 6) is -2.67. The Labute approximate surface area is 264 Å². The van der Waals surface area contributed by atoms with Gasteiger partial charge in [-0.1, -0.05) is 30.4 Å². The fourth-order valence-corrected chi connectivity index (χ4v) is 5.61. The number of aromatic nitrogens is 1. The lowest BCUT2D eigenvalue weighted by molar-refractivity contribution is -0.137. The number of hydrogen-bond donors (Lipinski definition) is 2. The number of nitrogens with zero attached hydrogens (tertiary/aromatic N) is 3. The van der Waals surface area contributed by atoms with Crippen molar-refractivity contribution in [2.24, 2.45) is 0 Å². The summed E-state index contributed by atoms with van der Waals surface area (Å²) in [6.07, 6.45) is 0.0801. The Bertz CT molecular complexity index is 1620. The molecule has 1 aliphatic heterocycles. The first-order chi connectivity index (χ1) is 20.6. The van der Waals surface area contributed by atoms with Crippen LogP contribution in [-0.4, -0.2) is 82.6 Å². The number of carboxylic acid groups (broad SMARTS) is 2. The van der Waals surface area contributed by atoms with E-state index in [2.05, 4.69) is 4.98 Å². The van der Waals surface area contributed by atoms with Crippen LogP contribution < -0.4 is 0 Å². The van der Waals surface area contributed by atoms with Crippen molar-refractivity contribution in [3.05, 3.63) is 106 Å². The second-order valence-corrected chi connectivity index (χ2v) is 11.7. The van der Waals surface area contributed by atoms with Crippen LogP contribution in [0.4, 0.5) is 13.2 Å². The van der Waals surface area contributed by atoms with Gasteiger partial charge in [-0.2, -0.15) is 17.5 Å². The maximum atomic E-state index is 12.6. The molecular weight excluding hydrogens is 639 g/mol. The predicted molar refractivity (Wildman–Crippen MR) is 163 cm³/mol. The van der Waals surface area contributed by atoms with Crippen LogP contribution in [0.2, 0.25) is 0 Å². The topological polar surface area (TPSA) is 145 Å². The number of benzene rings is 2. The molecule has 45 heavy (non-hydrogen) atoms. The summed E-state index contributed by atoms with van der Waals surface area (Å²) in [6, 6.07) is 12.0. The number of carbonyl (C=O) groups is 3. The Balaban J connectivity index is 0.000000424. The Morgan fingerprint density at radius 1 is 0.867 bits per heavy atom. The van der Waals surface area contributed by atoms with E-state index in [0.717, 1.165) is 12.1 Å². The lowest BCUT2D eigenvalue weighted by atomic mass is 10.0. The van der Waals surface area contributed by atoms with Gasteiger partial charge in [-0.05, 0) is 61.4 Å². The first kappa shape index (κ1) is 36.9. The van der Waals surface area contributed by atoms with E-state index >= 15 is 0 Å². The van der Waals surface area contributed by atoms with E-state index in [1.807, 2.05) is 0 Å². The van der Waals surface area contributed by atoms with Gasteiger partial charge in [0.1, 0.15) is 0 Å². The molecule has 0 radical (unpaired) electrons. The molecule has 4 rings (SSSR count). The quantitative estimate of drug-likeness (QED) is 0.357. The minimum Gasteiger partial charge on any atom is -0.478 e. The zero-order chi connectivity index (χ0) is 32.7. The minimum atomic E-state index is -4.41. The highest BCUT2D eigenvalue weighted by Crippen LogP contribution is 2.29. The fourth-order valence-electron chi connectivity index (χ4n) is 4.34. The molecule has 1 fully saturated rings. The Morgan fingerprint density at radius 3 is 1.89 bits per heavy atom. The number of carboxylic acids is 2. The Kier molecular flexibility index (Phi) is 12.8. The van der Waals surface area contributed by atoms with Crippen molar-refractivity contribution < 1.29 is 46.2 Å². The van der Waals surface area contributed by atoms with E-state index in [4.69, 9.17) is 10.2 Å². The van der Waals surface area contributed by atoms with E-state index in [1.54, 1.807) is 30.2 Å². The SMILES string of the molecule is Cc1c(C(=O)O)cccc1C(=O)O.Cc1ncccc1C(=O)N1CCN(S(=O)(=O)CC=Cc2ccc(C(F)(F)F)cc2)CC1.Cl. The minimum absolute atomic E-state index is 0. The van der Waals surface area contributed by atoms with Gasteiger partial charge in [0, 0.05) is 38.1 Å². The van der Waals surface area contributed by atoms with Gasteiger partial charge in [-0.15, -0.1) is 12.4 Å². The van der Waals surface area contributed by atoms with Gasteiger partial charge in [0.2, 0.25) is 10.0 Å². The molecule has 242 valence electrons. The number of aryl methyl sites for hydroxylation is 1. The molecule has 2 heterocycles. The number of alkyl halides is 3. The summed E-state index contributed by atoms with van der Waals surface area (Å²) in [7, 11) is -3.59. The van der Waals surface area contributed by atoms with Crippen LogP contribution in [0.3, 0.4) is 0 Å². The van der Waals surface area contributed by atoms with E-state index in [-0.39, 0.29) is 66.9 Å². The van der Waals surface area contributed by atoms with Crippen LogP contribution in [0.5, 0.6) is 0 Å². The average Bonchev–Trinajstić information content (AvgIpc) is 2.97. The van der Waals surface area contributed by atoms with Gasteiger partial charge < -0.3 is 15.1 Å². The number of rotatable bonds is 7. The number of carbonyl (C=O) groups excluding carboxylic acids is 1. The van der Waals surface area contributed by atoms with Crippen LogP contribution in [0.25, 0.3) is 6.08 Å². The molecule has 1 aliphatic rings. The van der Waals surface area contributed by atoms with E-state index in [0.29, 0.717) is 16.8 Å². The molecule has 3 aromatic rings. The molecule has 0 atom stereocenters. The summed E-state index contributed by atoms with van der Waals surface area (Å²) in [4.78, 5) is 39.5. The summed E-state index contributed by atoms with van der Waals surface area (Å²) >= 11 is 0. The number of amides is 1. The van der Waals surface area contributed by atoms with Crippen LogP contribution >= 0.6 is 12.4 Å². The molecular formula is C30H31ClF3N3O7S. The second kappa shape index (κ2) is 15.6. The van der Waals surface area contributed by atoms with Crippen molar-refractivity contribution in [2.75, 3.05) is 31.9 Å². The average molecular weight is 670 g/mol. The van der Waals surface area contributed by atoms with Gasteiger partial charge in [0.25, 0.3) is 5.91 Å². The van der Waals surface area contributed by atoms with Crippen LogP contribution in [0.1, 0.15) is 53.5 Å². The molecule has 2 aromatic carbocycles. The van der Waals surface area contributed by atoms with Gasteiger partial charge in [-0.3, -0.25) is 9.78 Å². The van der Waals surface area contributed by atoms with Crippen molar-refractivity contribution in [3.8, 4) is 0 Å². The zero-order valence-electron chi connectivity index (χ0n) is 24.2. The maximum absolute atomic E-state index is 12.6. The third-order valence-corrected chi connectivity index (χ3v) is 8.57. The number of hydrogen-bond acceptors (Lipinski definition) is 6. The first-order valence-corrected chi connectivity index (χ1v) is 14.8. The predicted octanol–water partition coefficient (Wildman–Crippen LogP) is 5.02. The van der Waals surface area contributed by atoms with E-state index < -0.39 is 33.7 Å². The number of sulfonamides is 1. The highest BCUT2D eigenvalue weighted by atomic mass is 35.5. The lowest BCUT2D eigenvalue weighted by Crippen LogP contribution is -2.51. The molecule has 1 aromatic heterocycles. The lowest BCUT2D eigenvalue weighted by Gasteiger charge is -2.34. The molecule has 1 amide bonds. The number of aromatic carboxylic acids is 2. The Hall–Kier alpha value is -4.27. The normalized spacial score (nSPS) is 13.8. The van der Waals surface area contributed by atoms with Gasteiger partial charge in [-0.25, -0.2) is 18.0 Å². The maximum Gasteiger partial charge on any atom is 0.416 e.